The van der Waals surface area contributed by atoms with Crippen LogP contribution >= 0.6 is 39.1 Å². The minimum Gasteiger partial charge on any atom is -0.471 e. The summed E-state index contributed by atoms with van der Waals surface area (Å²) in [5.41, 5.74) is 1.20. The second kappa shape index (κ2) is 6.47. The SMILES string of the molecule is Cc1cc(OC(Br)C(=O)C(C)(C)CCl)cc(C)c1Cl. The first-order chi connectivity index (χ1) is 8.69. The summed E-state index contributed by atoms with van der Waals surface area (Å²) in [5.74, 6) is 0.767. The maximum absolute atomic E-state index is 12.2. The van der Waals surface area contributed by atoms with Crippen molar-refractivity contribution in [3.8, 4) is 5.75 Å². The Balaban J connectivity index is 2.89. The summed E-state index contributed by atoms with van der Waals surface area (Å²) in [5, 5.41) is -0.00730. The van der Waals surface area contributed by atoms with Gasteiger partial charge in [0, 0.05) is 16.3 Å². The van der Waals surface area contributed by atoms with Gasteiger partial charge < -0.3 is 4.74 Å². The Morgan fingerprint density at radius 3 is 2.26 bits per heavy atom. The topological polar surface area (TPSA) is 26.3 Å². The molecule has 0 N–H and O–H groups in total. The van der Waals surface area contributed by atoms with Crippen LogP contribution in [0.15, 0.2) is 12.1 Å². The van der Waals surface area contributed by atoms with Gasteiger partial charge in [0.15, 0.2) is 5.78 Å². The predicted octanol–water partition coefficient (Wildman–Crippen LogP) is 4.89. The van der Waals surface area contributed by atoms with E-state index in [9.17, 15) is 4.79 Å². The molecular weight excluding hydrogens is 351 g/mol. The molecule has 0 aliphatic heterocycles. The van der Waals surface area contributed by atoms with Crippen LogP contribution in [0.1, 0.15) is 25.0 Å². The van der Waals surface area contributed by atoms with Crippen LogP contribution in [0.4, 0.5) is 0 Å². The number of benzene rings is 1. The van der Waals surface area contributed by atoms with E-state index >= 15 is 0 Å². The van der Waals surface area contributed by atoms with Crippen molar-refractivity contribution in [1.82, 2.24) is 0 Å². The summed E-state index contributed by atoms with van der Waals surface area (Å²) in [7, 11) is 0. The number of hydrogen-bond donors (Lipinski definition) is 0. The summed E-state index contributed by atoms with van der Waals surface area (Å²) in [6.45, 7) is 7.38. The second-order valence-corrected chi connectivity index (χ2v) is 6.66. The van der Waals surface area contributed by atoms with Crippen LogP contribution in [0.2, 0.25) is 5.02 Å². The molecule has 1 aromatic rings. The van der Waals surface area contributed by atoms with E-state index in [-0.39, 0.29) is 11.7 Å². The molecule has 0 bridgehead atoms. The number of rotatable bonds is 5. The summed E-state index contributed by atoms with van der Waals surface area (Å²) in [6.07, 6.45) is 0. The van der Waals surface area contributed by atoms with Crippen molar-refractivity contribution in [3.05, 3.63) is 28.3 Å². The van der Waals surface area contributed by atoms with Gasteiger partial charge in [-0.15, -0.1) is 11.6 Å². The first-order valence-corrected chi connectivity index (χ1v) is 7.69. The van der Waals surface area contributed by atoms with Crippen molar-refractivity contribution in [3.63, 3.8) is 0 Å². The highest BCUT2D eigenvalue weighted by Crippen LogP contribution is 2.29. The Kier molecular flexibility index (Phi) is 5.72. The molecular formula is C14H17BrCl2O2. The average Bonchev–Trinajstić information content (AvgIpc) is 2.34. The molecule has 1 aromatic carbocycles. The first-order valence-electron chi connectivity index (χ1n) is 5.87. The average molecular weight is 368 g/mol. The van der Waals surface area contributed by atoms with Crippen molar-refractivity contribution in [2.24, 2.45) is 5.41 Å². The number of ketones is 1. The van der Waals surface area contributed by atoms with Crippen molar-refractivity contribution < 1.29 is 9.53 Å². The fourth-order valence-corrected chi connectivity index (χ4v) is 2.60. The van der Waals surface area contributed by atoms with Crippen LogP contribution in [0.5, 0.6) is 5.75 Å². The van der Waals surface area contributed by atoms with Crippen LogP contribution in [0.3, 0.4) is 0 Å². The third-order valence-corrected chi connectivity index (χ3v) is 4.72. The van der Waals surface area contributed by atoms with Crippen LogP contribution in [-0.2, 0) is 4.79 Å². The molecule has 5 heteroatoms. The number of aryl methyl sites for hydroxylation is 2. The molecule has 106 valence electrons. The molecule has 0 heterocycles. The maximum atomic E-state index is 12.2. The van der Waals surface area contributed by atoms with Gasteiger partial charge in [0.2, 0.25) is 5.01 Å². The van der Waals surface area contributed by atoms with Gasteiger partial charge in [-0.1, -0.05) is 25.4 Å². The number of carbonyl (C=O) groups is 1. The molecule has 0 amide bonds. The molecule has 0 fully saturated rings. The van der Waals surface area contributed by atoms with Gasteiger partial charge in [-0.3, -0.25) is 4.79 Å². The number of ether oxygens (including phenoxy) is 1. The Labute approximate surface area is 132 Å². The predicted molar refractivity (Wildman–Crippen MR) is 83.8 cm³/mol. The van der Waals surface area contributed by atoms with Crippen LogP contribution in [-0.4, -0.2) is 16.7 Å². The lowest BCUT2D eigenvalue weighted by molar-refractivity contribution is -0.129. The van der Waals surface area contributed by atoms with Crippen LogP contribution in [0.25, 0.3) is 0 Å². The highest BCUT2D eigenvalue weighted by Gasteiger charge is 2.33. The molecule has 19 heavy (non-hydrogen) atoms. The zero-order chi connectivity index (χ0) is 14.8. The van der Waals surface area contributed by atoms with Gasteiger partial charge in [-0.2, -0.15) is 0 Å². The standard InChI is InChI=1S/C14H17BrCl2O2/c1-8-5-10(6-9(2)11(8)17)19-13(15)12(18)14(3,4)7-16/h5-6,13H,7H2,1-4H3. The quantitative estimate of drug-likeness (QED) is 0.692. The van der Waals surface area contributed by atoms with Crippen molar-refractivity contribution in [1.29, 1.82) is 0 Å². The van der Waals surface area contributed by atoms with E-state index in [4.69, 9.17) is 27.9 Å². The van der Waals surface area contributed by atoms with E-state index in [0.29, 0.717) is 10.8 Å². The highest BCUT2D eigenvalue weighted by atomic mass is 79.9. The molecule has 2 nitrogen and oxygen atoms in total. The van der Waals surface area contributed by atoms with E-state index in [1.165, 1.54) is 0 Å². The lowest BCUT2D eigenvalue weighted by atomic mass is 9.91. The van der Waals surface area contributed by atoms with Gasteiger partial charge >= 0.3 is 0 Å². The van der Waals surface area contributed by atoms with Gasteiger partial charge in [0.05, 0.1) is 0 Å². The third kappa shape index (κ3) is 4.11. The monoisotopic (exact) mass is 366 g/mol. The molecule has 0 saturated carbocycles. The van der Waals surface area contributed by atoms with Crippen molar-refractivity contribution >= 4 is 44.9 Å². The Hall–Kier alpha value is -0.250. The minimum absolute atomic E-state index is 0.0900. The number of hydrogen-bond acceptors (Lipinski definition) is 2. The smallest absolute Gasteiger partial charge is 0.211 e. The van der Waals surface area contributed by atoms with Gasteiger partial charge in [-0.25, -0.2) is 0 Å². The van der Waals surface area contributed by atoms with Gasteiger partial charge in [0.25, 0.3) is 0 Å². The zero-order valence-electron chi connectivity index (χ0n) is 11.4. The second-order valence-electron chi connectivity index (χ2n) is 5.19. The van der Waals surface area contributed by atoms with E-state index in [1.807, 2.05) is 26.0 Å². The Morgan fingerprint density at radius 1 is 1.37 bits per heavy atom. The van der Waals surface area contributed by atoms with E-state index in [1.54, 1.807) is 13.8 Å². The molecule has 0 aromatic heterocycles. The zero-order valence-corrected chi connectivity index (χ0v) is 14.5. The molecule has 1 atom stereocenters. The number of alkyl halides is 2. The van der Waals surface area contributed by atoms with E-state index < -0.39 is 10.4 Å². The molecule has 0 aliphatic rings. The normalized spacial score (nSPS) is 13.2. The number of carbonyl (C=O) groups excluding carboxylic acids is 1. The van der Waals surface area contributed by atoms with Crippen LogP contribution in [0, 0.1) is 19.3 Å². The molecule has 0 saturated heterocycles. The van der Waals surface area contributed by atoms with Gasteiger partial charge in [-0.05, 0) is 53.0 Å². The molecule has 0 spiro atoms. The summed E-state index contributed by atoms with van der Waals surface area (Å²) < 4.78 is 5.63. The highest BCUT2D eigenvalue weighted by molar-refractivity contribution is 9.09. The lowest BCUT2D eigenvalue weighted by Crippen LogP contribution is -2.35. The van der Waals surface area contributed by atoms with Crippen molar-refractivity contribution in [2.75, 3.05) is 5.88 Å². The molecule has 0 radical (unpaired) electrons. The summed E-state index contributed by atoms with van der Waals surface area (Å²) in [6, 6.07) is 3.62. The third-order valence-electron chi connectivity index (χ3n) is 2.86. The first kappa shape index (κ1) is 16.8. The fraction of sp³-hybridized carbons (Fsp3) is 0.500. The molecule has 0 aliphatic carbocycles. The largest absolute Gasteiger partial charge is 0.471 e. The number of Topliss-reactive ketones (excluding diaryl/α,β-unsaturated/α-hetero) is 1. The minimum atomic E-state index is -0.721. The molecule has 1 rings (SSSR count). The molecule has 1 unspecified atom stereocenters. The van der Waals surface area contributed by atoms with Gasteiger partial charge in [0.1, 0.15) is 5.75 Å². The van der Waals surface area contributed by atoms with Crippen molar-refractivity contribution in [2.45, 2.75) is 32.7 Å². The Morgan fingerprint density at radius 2 is 1.84 bits per heavy atom. The summed E-state index contributed by atoms with van der Waals surface area (Å²) >= 11 is 15.1. The lowest BCUT2D eigenvalue weighted by Gasteiger charge is -2.23. The maximum Gasteiger partial charge on any atom is 0.211 e. The van der Waals surface area contributed by atoms with E-state index in [0.717, 1.165) is 11.1 Å². The van der Waals surface area contributed by atoms with Crippen LogP contribution < -0.4 is 4.74 Å². The van der Waals surface area contributed by atoms with E-state index in [2.05, 4.69) is 15.9 Å². The number of halogens is 3. The summed E-state index contributed by atoms with van der Waals surface area (Å²) in [4.78, 5) is 12.2. The fourth-order valence-electron chi connectivity index (χ4n) is 1.52. The Bertz CT molecular complexity index is 463.